The summed E-state index contributed by atoms with van der Waals surface area (Å²) >= 11 is 0. The van der Waals surface area contributed by atoms with Crippen molar-refractivity contribution in [2.24, 2.45) is 0 Å². The molecule has 124 valence electrons. The zero-order valence-corrected chi connectivity index (χ0v) is 14.5. The zero-order chi connectivity index (χ0) is 16.9. The van der Waals surface area contributed by atoms with E-state index in [-0.39, 0.29) is 29.9 Å². The first-order valence-corrected chi connectivity index (χ1v) is 8.60. The van der Waals surface area contributed by atoms with E-state index in [1.807, 2.05) is 13.8 Å². The molecular formula is C15H24N2O4S. The highest BCUT2D eigenvalue weighted by molar-refractivity contribution is 7.89. The van der Waals surface area contributed by atoms with Crippen LogP contribution in [0.4, 0.5) is 0 Å². The molecule has 0 aliphatic heterocycles. The van der Waals surface area contributed by atoms with E-state index in [0.717, 1.165) is 0 Å². The van der Waals surface area contributed by atoms with Crippen molar-refractivity contribution in [2.45, 2.75) is 38.6 Å². The van der Waals surface area contributed by atoms with Gasteiger partial charge in [-0.1, -0.05) is 6.92 Å². The molecule has 22 heavy (non-hydrogen) atoms. The lowest BCUT2D eigenvalue weighted by molar-refractivity contribution is -0.121. The maximum Gasteiger partial charge on any atom is 0.243 e. The maximum absolute atomic E-state index is 12.7. The molecule has 1 N–H and O–H groups in total. The minimum atomic E-state index is -3.72. The zero-order valence-electron chi connectivity index (χ0n) is 13.7. The van der Waals surface area contributed by atoms with E-state index >= 15 is 0 Å². The number of carbonyl (C=O) groups is 1. The Kier molecular flexibility index (Phi) is 6.37. The average Bonchev–Trinajstić information content (AvgIpc) is 2.43. The van der Waals surface area contributed by atoms with E-state index in [1.165, 1.54) is 17.5 Å². The Morgan fingerprint density at radius 3 is 2.45 bits per heavy atom. The number of amides is 1. The summed E-state index contributed by atoms with van der Waals surface area (Å²) in [6, 6.07) is 4.74. The summed E-state index contributed by atoms with van der Waals surface area (Å²) in [5.41, 5.74) is 0.585. The van der Waals surface area contributed by atoms with E-state index in [4.69, 9.17) is 4.74 Å². The van der Waals surface area contributed by atoms with Gasteiger partial charge in [0, 0.05) is 12.6 Å². The molecule has 0 atom stereocenters. The minimum absolute atomic E-state index is 0.0309. The highest BCUT2D eigenvalue weighted by Gasteiger charge is 2.27. The number of methoxy groups -OCH3 is 1. The summed E-state index contributed by atoms with van der Waals surface area (Å²) in [4.78, 5) is 12.0. The first-order chi connectivity index (χ1) is 10.2. The van der Waals surface area contributed by atoms with Gasteiger partial charge in [0.15, 0.2) is 0 Å². The monoisotopic (exact) mass is 328 g/mol. The molecule has 0 unspecified atom stereocenters. The number of carbonyl (C=O) groups excluding carboxylic acids is 1. The van der Waals surface area contributed by atoms with Crippen LogP contribution in [0.1, 0.15) is 26.3 Å². The number of ether oxygens (including phenoxy) is 1. The normalized spacial score (nSPS) is 11.8. The molecule has 0 saturated heterocycles. The molecule has 7 heteroatoms. The van der Waals surface area contributed by atoms with Crippen LogP contribution in [-0.2, 0) is 14.8 Å². The third-order valence-electron chi connectivity index (χ3n) is 3.12. The Bertz CT molecular complexity index is 626. The fraction of sp³-hybridized carbons (Fsp3) is 0.533. The smallest absolute Gasteiger partial charge is 0.243 e. The van der Waals surface area contributed by atoms with Crippen molar-refractivity contribution < 1.29 is 17.9 Å². The Balaban J connectivity index is 3.06. The van der Waals surface area contributed by atoms with E-state index < -0.39 is 10.0 Å². The molecule has 1 aromatic rings. The van der Waals surface area contributed by atoms with Crippen LogP contribution in [0.25, 0.3) is 0 Å². The van der Waals surface area contributed by atoms with Gasteiger partial charge in [-0.05, 0) is 44.5 Å². The van der Waals surface area contributed by atoms with Crippen molar-refractivity contribution in [3.05, 3.63) is 23.8 Å². The predicted octanol–water partition coefficient (Wildman–Crippen LogP) is 1.54. The lowest BCUT2D eigenvalue weighted by Gasteiger charge is -2.22. The van der Waals surface area contributed by atoms with Gasteiger partial charge in [-0.2, -0.15) is 4.31 Å². The predicted molar refractivity (Wildman–Crippen MR) is 85.4 cm³/mol. The molecule has 1 rings (SSSR count). The second kappa shape index (κ2) is 7.60. The average molecular weight is 328 g/mol. The SMILES string of the molecule is CCN(CC(=O)NC(C)C)S(=O)(=O)c1ccc(OC)cc1C. The van der Waals surface area contributed by atoms with Gasteiger partial charge < -0.3 is 10.1 Å². The van der Waals surface area contributed by atoms with Gasteiger partial charge >= 0.3 is 0 Å². The standard InChI is InChI=1S/C15H24N2O4S/c1-6-17(10-15(18)16-11(2)3)22(19,20)14-8-7-13(21-5)9-12(14)4/h7-9,11H,6,10H2,1-5H3,(H,16,18). The van der Waals surface area contributed by atoms with E-state index in [2.05, 4.69) is 5.32 Å². The van der Waals surface area contributed by atoms with Crippen molar-refractivity contribution in [1.82, 2.24) is 9.62 Å². The lowest BCUT2D eigenvalue weighted by atomic mass is 10.2. The van der Waals surface area contributed by atoms with E-state index in [1.54, 1.807) is 26.0 Å². The van der Waals surface area contributed by atoms with Crippen LogP contribution >= 0.6 is 0 Å². The number of sulfonamides is 1. The Labute approximate surface area is 132 Å². The fourth-order valence-electron chi connectivity index (χ4n) is 2.07. The van der Waals surface area contributed by atoms with Crippen LogP contribution in [0, 0.1) is 6.92 Å². The minimum Gasteiger partial charge on any atom is -0.497 e. The quantitative estimate of drug-likeness (QED) is 0.824. The molecule has 0 bridgehead atoms. The molecule has 1 amide bonds. The van der Waals surface area contributed by atoms with Gasteiger partial charge in [0.1, 0.15) is 5.75 Å². The molecule has 0 aliphatic rings. The third-order valence-corrected chi connectivity index (χ3v) is 5.20. The second-order valence-electron chi connectivity index (χ2n) is 5.28. The molecule has 0 heterocycles. The van der Waals surface area contributed by atoms with Gasteiger partial charge in [0.25, 0.3) is 0 Å². The molecular weight excluding hydrogens is 304 g/mol. The summed E-state index contributed by atoms with van der Waals surface area (Å²) in [6.45, 7) is 7.10. The number of rotatable bonds is 7. The van der Waals surface area contributed by atoms with Crippen molar-refractivity contribution >= 4 is 15.9 Å². The molecule has 0 saturated carbocycles. The largest absolute Gasteiger partial charge is 0.497 e. The number of aryl methyl sites for hydroxylation is 1. The number of nitrogens with zero attached hydrogens (tertiary/aromatic N) is 1. The van der Waals surface area contributed by atoms with Crippen molar-refractivity contribution in [3.8, 4) is 5.75 Å². The summed E-state index contributed by atoms with van der Waals surface area (Å²) in [7, 11) is -2.20. The summed E-state index contributed by atoms with van der Waals surface area (Å²) < 4.78 is 31.7. The third kappa shape index (κ3) is 4.45. The van der Waals surface area contributed by atoms with Crippen LogP contribution < -0.4 is 10.1 Å². The maximum atomic E-state index is 12.7. The first-order valence-electron chi connectivity index (χ1n) is 7.16. The number of hydrogen-bond donors (Lipinski definition) is 1. The van der Waals surface area contributed by atoms with Gasteiger partial charge in [-0.25, -0.2) is 8.42 Å². The number of nitrogens with one attached hydrogen (secondary N) is 1. The Hall–Kier alpha value is -1.60. The molecule has 6 nitrogen and oxygen atoms in total. The van der Waals surface area contributed by atoms with Gasteiger partial charge in [-0.15, -0.1) is 0 Å². The van der Waals surface area contributed by atoms with Gasteiger partial charge in [0.2, 0.25) is 15.9 Å². The number of hydrogen-bond acceptors (Lipinski definition) is 4. The van der Waals surface area contributed by atoms with Crippen LogP contribution in [-0.4, -0.2) is 44.9 Å². The number of likely N-dealkylation sites (N-methyl/N-ethyl adjacent to an activating group) is 1. The van der Waals surface area contributed by atoms with E-state index in [9.17, 15) is 13.2 Å². The Morgan fingerprint density at radius 1 is 1.36 bits per heavy atom. The molecule has 0 spiro atoms. The van der Waals surface area contributed by atoms with Gasteiger partial charge in [-0.3, -0.25) is 4.79 Å². The van der Waals surface area contributed by atoms with Crippen LogP contribution in [0.5, 0.6) is 5.75 Å². The van der Waals surface area contributed by atoms with Gasteiger partial charge in [0.05, 0.1) is 18.6 Å². The molecule has 0 aliphatic carbocycles. The molecule has 0 fully saturated rings. The summed E-state index contributed by atoms with van der Waals surface area (Å²) in [6.07, 6.45) is 0. The first kappa shape index (κ1) is 18.4. The van der Waals surface area contributed by atoms with Crippen LogP contribution in [0.15, 0.2) is 23.1 Å². The van der Waals surface area contributed by atoms with Crippen molar-refractivity contribution in [1.29, 1.82) is 0 Å². The molecule has 0 radical (unpaired) electrons. The van der Waals surface area contributed by atoms with Crippen molar-refractivity contribution in [3.63, 3.8) is 0 Å². The summed E-state index contributed by atoms with van der Waals surface area (Å²) in [5, 5.41) is 2.70. The Morgan fingerprint density at radius 2 is 2.00 bits per heavy atom. The fourth-order valence-corrected chi connectivity index (χ4v) is 3.68. The van der Waals surface area contributed by atoms with Crippen LogP contribution in [0.2, 0.25) is 0 Å². The second-order valence-corrected chi connectivity index (χ2v) is 7.19. The highest BCUT2D eigenvalue weighted by Crippen LogP contribution is 2.23. The highest BCUT2D eigenvalue weighted by atomic mass is 32.2. The molecule has 1 aromatic carbocycles. The van der Waals surface area contributed by atoms with Crippen LogP contribution in [0.3, 0.4) is 0 Å². The van der Waals surface area contributed by atoms with E-state index in [0.29, 0.717) is 11.3 Å². The number of benzene rings is 1. The lowest BCUT2D eigenvalue weighted by Crippen LogP contribution is -2.42. The molecule has 0 aromatic heterocycles. The topological polar surface area (TPSA) is 75.7 Å². The summed E-state index contributed by atoms with van der Waals surface area (Å²) in [5.74, 6) is 0.281. The van der Waals surface area contributed by atoms with Crippen molar-refractivity contribution in [2.75, 3.05) is 20.2 Å².